The van der Waals surface area contributed by atoms with Crippen molar-refractivity contribution < 1.29 is 4.74 Å². The number of aliphatic imine (C=N–C) groups is 1. The third-order valence-corrected chi connectivity index (χ3v) is 5.13. The minimum absolute atomic E-state index is 0. The molecule has 0 amide bonds. The normalized spacial score (nSPS) is 26.8. The van der Waals surface area contributed by atoms with Gasteiger partial charge in [-0.3, -0.25) is 4.99 Å². The Hall–Kier alpha value is -0.0400. The lowest BCUT2D eigenvalue weighted by atomic mass is 9.86. The number of halogens is 1. The summed E-state index contributed by atoms with van der Waals surface area (Å²) in [4.78, 5) is 4.30. The molecular weight excluding hydrogens is 389 g/mol. The Kier molecular flexibility index (Phi) is 10.4. The van der Waals surface area contributed by atoms with Gasteiger partial charge in [0.25, 0.3) is 0 Å². The Morgan fingerprint density at radius 2 is 1.95 bits per heavy atom. The van der Waals surface area contributed by atoms with Gasteiger partial charge in [-0.1, -0.05) is 6.42 Å². The molecule has 3 unspecified atom stereocenters. The van der Waals surface area contributed by atoms with Crippen molar-refractivity contribution in [3.05, 3.63) is 0 Å². The fourth-order valence-electron chi connectivity index (χ4n) is 4.01. The Morgan fingerprint density at radius 1 is 1.14 bits per heavy atom. The van der Waals surface area contributed by atoms with Crippen LogP contribution in [0, 0.1) is 17.8 Å². The summed E-state index contributed by atoms with van der Waals surface area (Å²) in [5, 5.41) is 6.85. The number of guanidine groups is 1. The van der Waals surface area contributed by atoms with Crippen LogP contribution in [0.1, 0.15) is 51.9 Å². The van der Waals surface area contributed by atoms with Crippen LogP contribution >= 0.6 is 24.0 Å². The fraction of sp³-hybridized carbons (Fsp3) is 0.941. The van der Waals surface area contributed by atoms with E-state index >= 15 is 0 Å². The number of rotatable bonds is 9. The first kappa shape index (κ1) is 20.0. The molecule has 2 fully saturated rings. The molecule has 5 heteroatoms. The van der Waals surface area contributed by atoms with Crippen LogP contribution in [0.5, 0.6) is 0 Å². The number of unbranched alkanes of at least 4 members (excludes halogenated alkanes) is 1. The van der Waals surface area contributed by atoms with E-state index in [-0.39, 0.29) is 24.0 Å². The van der Waals surface area contributed by atoms with Gasteiger partial charge in [-0.15, -0.1) is 24.0 Å². The van der Waals surface area contributed by atoms with E-state index in [1.165, 1.54) is 32.1 Å². The highest BCUT2D eigenvalue weighted by molar-refractivity contribution is 14.0. The highest BCUT2D eigenvalue weighted by atomic mass is 127. The molecule has 0 saturated heterocycles. The molecule has 2 N–H and O–H groups in total. The molecular formula is C17H34IN3O. The Balaban J connectivity index is 0.00000242. The third-order valence-electron chi connectivity index (χ3n) is 5.13. The van der Waals surface area contributed by atoms with Crippen molar-refractivity contribution >= 4 is 29.9 Å². The fourth-order valence-corrected chi connectivity index (χ4v) is 4.01. The van der Waals surface area contributed by atoms with Gasteiger partial charge in [0.15, 0.2) is 5.96 Å². The van der Waals surface area contributed by atoms with Gasteiger partial charge in [-0.05, 0) is 63.2 Å². The first-order valence-electron chi connectivity index (χ1n) is 8.85. The van der Waals surface area contributed by atoms with Gasteiger partial charge in [0.1, 0.15) is 0 Å². The molecule has 4 nitrogen and oxygen atoms in total. The lowest BCUT2D eigenvalue weighted by Crippen LogP contribution is -2.39. The van der Waals surface area contributed by atoms with Crippen LogP contribution < -0.4 is 10.6 Å². The largest absolute Gasteiger partial charge is 0.382 e. The zero-order valence-electron chi connectivity index (χ0n) is 14.3. The minimum Gasteiger partial charge on any atom is -0.382 e. The maximum absolute atomic E-state index is 5.34. The molecule has 0 aromatic carbocycles. The van der Waals surface area contributed by atoms with Crippen LogP contribution in [0.2, 0.25) is 0 Å². The molecule has 130 valence electrons. The Bertz CT molecular complexity index is 325. The van der Waals surface area contributed by atoms with Crippen molar-refractivity contribution in [1.82, 2.24) is 10.6 Å². The number of nitrogens with one attached hydrogen (secondary N) is 2. The summed E-state index contributed by atoms with van der Waals surface area (Å²) in [5.41, 5.74) is 0. The monoisotopic (exact) mass is 423 g/mol. The van der Waals surface area contributed by atoms with E-state index in [0.29, 0.717) is 0 Å². The van der Waals surface area contributed by atoms with Crippen LogP contribution in [0.4, 0.5) is 0 Å². The van der Waals surface area contributed by atoms with Crippen LogP contribution in [-0.2, 0) is 4.74 Å². The van der Waals surface area contributed by atoms with Crippen LogP contribution in [0.15, 0.2) is 4.99 Å². The predicted octanol–water partition coefficient (Wildman–Crippen LogP) is 3.41. The SMILES string of the molecule is CCOCCCCNC(=NC)NCCC1CC2CCC1C2.I. The van der Waals surface area contributed by atoms with Gasteiger partial charge in [0, 0.05) is 33.4 Å². The molecule has 0 radical (unpaired) electrons. The second kappa shape index (κ2) is 11.5. The van der Waals surface area contributed by atoms with Crippen molar-refractivity contribution in [2.75, 3.05) is 33.4 Å². The van der Waals surface area contributed by atoms with E-state index in [1.807, 2.05) is 14.0 Å². The van der Waals surface area contributed by atoms with E-state index in [4.69, 9.17) is 4.74 Å². The van der Waals surface area contributed by atoms with Gasteiger partial charge in [0.2, 0.25) is 0 Å². The maximum atomic E-state index is 5.34. The van der Waals surface area contributed by atoms with E-state index in [1.54, 1.807) is 0 Å². The van der Waals surface area contributed by atoms with Gasteiger partial charge >= 0.3 is 0 Å². The molecule has 2 aliphatic carbocycles. The molecule has 2 rings (SSSR count). The predicted molar refractivity (Wildman–Crippen MR) is 104 cm³/mol. The number of nitrogens with zero attached hydrogens (tertiary/aromatic N) is 1. The van der Waals surface area contributed by atoms with E-state index < -0.39 is 0 Å². The lowest BCUT2D eigenvalue weighted by Gasteiger charge is -2.22. The molecule has 2 saturated carbocycles. The number of ether oxygens (including phenoxy) is 1. The number of fused-ring (bicyclic) bond motifs is 2. The van der Waals surface area contributed by atoms with Crippen LogP contribution in [0.25, 0.3) is 0 Å². The maximum Gasteiger partial charge on any atom is 0.190 e. The molecule has 0 aliphatic heterocycles. The molecule has 2 aliphatic rings. The van der Waals surface area contributed by atoms with E-state index in [2.05, 4.69) is 15.6 Å². The molecule has 2 bridgehead atoms. The summed E-state index contributed by atoms with van der Waals surface area (Å²) in [6.07, 6.45) is 9.54. The van der Waals surface area contributed by atoms with Gasteiger partial charge < -0.3 is 15.4 Å². The summed E-state index contributed by atoms with van der Waals surface area (Å²) >= 11 is 0. The van der Waals surface area contributed by atoms with E-state index in [0.717, 1.165) is 62.9 Å². The summed E-state index contributed by atoms with van der Waals surface area (Å²) < 4.78 is 5.34. The summed E-state index contributed by atoms with van der Waals surface area (Å²) in [6, 6.07) is 0. The van der Waals surface area contributed by atoms with Crippen LogP contribution in [-0.4, -0.2) is 39.3 Å². The Morgan fingerprint density at radius 3 is 2.59 bits per heavy atom. The first-order chi connectivity index (χ1) is 10.3. The summed E-state index contributed by atoms with van der Waals surface area (Å²) in [6.45, 7) is 5.77. The summed E-state index contributed by atoms with van der Waals surface area (Å²) in [7, 11) is 1.85. The van der Waals surface area contributed by atoms with Crippen LogP contribution in [0.3, 0.4) is 0 Å². The average molecular weight is 423 g/mol. The quantitative estimate of drug-likeness (QED) is 0.259. The lowest BCUT2D eigenvalue weighted by molar-refractivity contribution is 0.143. The second-order valence-corrected chi connectivity index (χ2v) is 6.55. The second-order valence-electron chi connectivity index (χ2n) is 6.55. The zero-order chi connectivity index (χ0) is 14.9. The Labute approximate surface area is 153 Å². The number of hydrogen-bond donors (Lipinski definition) is 2. The van der Waals surface area contributed by atoms with Gasteiger partial charge in [-0.2, -0.15) is 0 Å². The average Bonchev–Trinajstić information content (AvgIpc) is 3.11. The molecule has 3 atom stereocenters. The molecule has 0 spiro atoms. The summed E-state index contributed by atoms with van der Waals surface area (Å²) in [5.74, 6) is 4.02. The van der Waals surface area contributed by atoms with Crippen molar-refractivity contribution in [3.8, 4) is 0 Å². The highest BCUT2D eigenvalue weighted by Crippen LogP contribution is 2.49. The third kappa shape index (κ3) is 6.60. The molecule has 0 aromatic rings. The minimum atomic E-state index is 0. The van der Waals surface area contributed by atoms with E-state index in [9.17, 15) is 0 Å². The molecule has 0 aromatic heterocycles. The number of hydrogen-bond acceptors (Lipinski definition) is 2. The van der Waals surface area contributed by atoms with Gasteiger partial charge in [0.05, 0.1) is 0 Å². The topological polar surface area (TPSA) is 45.6 Å². The first-order valence-corrected chi connectivity index (χ1v) is 8.85. The van der Waals surface area contributed by atoms with Crippen molar-refractivity contribution in [2.45, 2.75) is 51.9 Å². The molecule has 22 heavy (non-hydrogen) atoms. The zero-order valence-corrected chi connectivity index (χ0v) is 16.6. The smallest absolute Gasteiger partial charge is 0.190 e. The van der Waals surface area contributed by atoms with Gasteiger partial charge in [-0.25, -0.2) is 0 Å². The van der Waals surface area contributed by atoms with Crippen molar-refractivity contribution in [2.24, 2.45) is 22.7 Å². The molecule has 0 heterocycles. The van der Waals surface area contributed by atoms with Crippen molar-refractivity contribution in [3.63, 3.8) is 0 Å². The highest BCUT2D eigenvalue weighted by Gasteiger charge is 2.38. The van der Waals surface area contributed by atoms with Crippen molar-refractivity contribution in [1.29, 1.82) is 0 Å². The standard InChI is InChI=1S/C17H33N3O.HI/c1-3-21-11-5-4-9-19-17(18-2)20-10-8-16-13-14-6-7-15(16)12-14;/h14-16H,3-13H2,1-2H3,(H2,18,19,20);1H.